The molecule has 1 amide bonds. The molecular weight excluding hydrogens is 292 g/mol. The van der Waals surface area contributed by atoms with Crippen LogP contribution in [0.15, 0.2) is 17.5 Å². The zero-order valence-corrected chi connectivity index (χ0v) is 13.2. The standard InChI is InChI=1S/C14H22N2O4S/c1-19-7-3-5-10(15)14(18)16-11(9-13(17)20-2)12-6-4-8-21-12/h4,6,8,10-11H,3,5,7,9,15H2,1-2H3,(H,16,18). The summed E-state index contributed by atoms with van der Waals surface area (Å²) in [7, 11) is 2.93. The number of carbonyl (C=O) groups is 2. The van der Waals surface area contributed by atoms with Crippen molar-refractivity contribution in [2.45, 2.75) is 31.3 Å². The Bertz CT molecular complexity index is 436. The molecular formula is C14H22N2O4S. The third-order valence-electron chi connectivity index (χ3n) is 3.00. The first-order chi connectivity index (χ1) is 10.1. The third kappa shape index (κ3) is 6.24. The summed E-state index contributed by atoms with van der Waals surface area (Å²) in [6.45, 7) is 0.567. The predicted octanol–water partition coefficient (Wildman–Crippen LogP) is 1.22. The van der Waals surface area contributed by atoms with Crippen molar-refractivity contribution >= 4 is 23.2 Å². The molecule has 1 aromatic rings. The first kappa shape index (κ1) is 17.6. The van der Waals surface area contributed by atoms with E-state index in [4.69, 9.17) is 10.5 Å². The summed E-state index contributed by atoms with van der Waals surface area (Å²) in [6.07, 6.45) is 1.34. The van der Waals surface area contributed by atoms with Crippen LogP contribution in [0.1, 0.15) is 30.2 Å². The van der Waals surface area contributed by atoms with E-state index in [1.807, 2.05) is 17.5 Å². The Labute approximate surface area is 128 Å². The van der Waals surface area contributed by atoms with Crippen LogP contribution in [0, 0.1) is 0 Å². The maximum atomic E-state index is 12.1. The van der Waals surface area contributed by atoms with Gasteiger partial charge in [-0.1, -0.05) is 6.07 Å². The average molecular weight is 314 g/mol. The molecule has 1 aromatic heterocycles. The van der Waals surface area contributed by atoms with Crippen LogP contribution >= 0.6 is 11.3 Å². The number of rotatable bonds is 9. The van der Waals surface area contributed by atoms with Gasteiger partial charge in [0.1, 0.15) is 0 Å². The number of nitrogens with two attached hydrogens (primary N) is 1. The molecule has 6 nitrogen and oxygen atoms in total. The van der Waals surface area contributed by atoms with Gasteiger partial charge in [0.15, 0.2) is 0 Å². The molecule has 21 heavy (non-hydrogen) atoms. The number of esters is 1. The second-order valence-corrected chi connectivity index (χ2v) is 5.58. The maximum absolute atomic E-state index is 12.1. The molecule has 2 atom stereocenters. The minimum atomic E-state index is -0.611. The fourth-order valence-electron chi connectivity index (χ4n) is 1.82. The molecule has 1 heterocycles. The molecule has 0 saturated heterocycles. The first-order valence-corrected chi connectivity index (χ1v) is 7.61. The summed E-state index contributed by atoms with van der Waals surface area (Å²) in [6, 6.07) is 2.72. The van der Waals surface area contributed by atoms with Crippen LogP contribution in [0.25, 0.3) is 0 Å². The molecule has 0 spiro atoms. The summed E-state index contributed by atoms with van der Waals surface area (Å²) < 4.78 is 9.60. The number of carbonyl (C=O) groups excluding carboxylic acids is 2. The zero-order chi connectivity index (χ0) is 15.7. The van der Waals surface area contributed by atoms with Gasteiger partial charge in [-0.3, -0.25) is 9.59 Å². The summed E-state index contributed by atoms with van der Waals surface area (Å²) >= 11 is 1.48. The summed E-state index contributed by atoms with van der Waals surface area (Å²) in [4.78, 5) is 24.5. The molecule has 3 N–H and O–H groups in total. The molecule has 118 valence electrons. The predicted molar refractivity (Wildman–Crippen MR) is 80.9 cm³/mol. The van der Waals surface area contributed by atoms with E-state index in [0.717, 1.165) is 4.88 Å². The smallest absolute Gasteiger partial charge is 0.307 e. The quantitative estimate of drug-likeness (QED) is 0.528. The van der Waals surface area contributed by atoms with Gasteiger partial charge in [-0.15, -0.1) is 11.3 Å². The topological polar surface area (TPSA) is 90.6 Å². The lowest BCUT2D eigenvalue weighted by Gasteiger charge is -2.19. The number of methoxy groups -OCH3 is 2. The Kier molecular flexibility index (Phi) is 7.96. The van der Waals surface area contributed by atoms with Crippen molar-refractivity contribution in [3.05, 3.63) is 22.4 Å². The lowest BCUT2D eigenvalue weighted by Crippen LogP contribution is -2.42. The van der Waals surface area contributed by atoms with Gasteiger partial charge >= 0.3 is 5.97 Å². The van der Waals surface area contributed by atoms with Crippen molar-refractivity contribution < 1.29 is 19.1 Å². The summed E-state index contributed by atoms with van der Waals surface area (Å²) in [5, 5.41) is 4.71. The number of nitrogens with one attached hydrogen (secondary N) is 1. The number of thiophene rings is 1. The van der Waals surface area contributed by atoms with Gasteiger partial charge < -0.3 is 20.5 Å². The third-order valence-corrected chi connectivity index (χ3v) is 3.99. The molecule has 0 aliphatic rings. The molecule has 0 aromatic carbocycles. The normalized spacial score (nSPS) is 13.5. The van der Waals surface area contributed by atoms with E-state index >= 15 is 0 Å². The first-order valence-electron chi connectivity index (χ1n) is 6.73. The van der Waals surface area contributed by atoms with E-state index in [1.54, 1.807) is 7.11 Å². The van der Waals surface area contributed by atoms with Gasteiger partial charge in [0.25, 0.3) is 0 Å². The van der Waals surface area contributed by atoms with E-state index in [2.05, 4.69) is 10.1 Å². The van der Waals surface area contributed by atoms with Crippen LogP contribution in [0.4, 0.5) is 0 Å². The summed E-state index contributed by atoms with van der Waals surface area (Å²) in [5.74, 6) is -0.643. The largest absolute Gasteiger partial charge is 0.469 e. The van der Waals surface area contributed by atoms with Gasteiger partial charge in [0, 0.05) is 18.6 Å². The fourth-order valence-corrected chi connectivity index (χ4v) is 2.60. The van der Waals surface area contributed by atoms with Crippen molar-refractivity contribution in [1.82, 2.24) is 5.32 Å². The number of ether oxygens (including phenoxy) is 2. The van der Waals surface area contributed by atoms with E-state index in [1.165, 1.54) is 18.4 Å². The molecule has 2 unspecified atom stereocenters. The zero-order valence-electron chi connectivity index (χ0n) is 12.3. The molecule has 0 radical (unpaired) electrons. The highest BCUT2D eigenvalue weighted by molar-refractivity contribution is 7.10. The molecule has 0 fully saturated rings. The Hall–Kier alpha value is -1.44. The molecule has 0 saturated carbocycles. The second-order valence-electron chi connectivity index (χ2n) is 4.60. The van der Waals surface area contributed by atoms with E-state index in [0.29, 0.717) is 19.4 Å². The van der Waals surface area contributed by atoms with Crippen molar-refractivity contribution in [3.63, 3.8) is 0 Å². The van der Waals surface area contributed by atoms with Crippen molar-refractivity contribution in [2.24, 2.45) is 5.73 Å². The van der Waals surface area contributed by atoms with E-state index in [-0.39, 0.29) is 18.3 Å². The highest BCUT2D eigenvalue weighted by Gasteiger charge is 2.22. The van der Waals surface area contributed by atoms with Crippen LogP contribution < -0.4 is 11.1 Å². The van der Waals surface area contributed by atoms with Crippen LogP contribution in [-0.4, -0.2) is 38.7 Å². The van der Waals surface area contributed by atoms with Gasteiger partial charge in [-0.25, -0.2) is 0 Å². The molecule has 1 rings (SSSR count). The molecule has 0 aliphatic carbocycles. The number of hydrogen-bond acceptors (Lipinski definition) is 6. The minimum Gasteiger partial charge on any atom is -0.469 e. The van der Waals surface area contributed by atoms with Crippen LogP contribution in [0.2, 0.25) is 0 Å². The maximum Gasteiger partial charge on any atom is 0.307 e. The summed E-state index contributed by atoms with van der Waals surface area (Å²) in [5.41, 5.74) is 5.84. The Morgan fingerprint density at radius 3 is 2.76 bits per heavy atom. The van der Waals surface area contributed by atoms with E-state index < -0.39 is 12.1 Å². The average Bonchev–Trinajstić information content (AvgIpc) is 3.00. The van der Waals surface area contributed by atoms with Gasteiger partial charge in [0.05, 0.1) is 25.6 Å². The van der Waals surface area contributed by atoms with Crippen LogP contribution in [0.3, 0.4) is 0 Å². The monoisotopic (exact) mass is 314 g/mol. The second kappa shape index (κ2) is 9.49. The van der Waals surface area contributed by atoms with Gasteiger partial charge in [0.2, 0.25) is 5.91 Å². The highest BCUT2D eigenvalue weighted by atomic mass is 32.1. The molecule has 0 bridgehead atoms. The Morgan fingerprint density at radius 2 is 2.19 bits per heavy atom. The Morgan fingerprint density at radius 1 is 1.43 bits per heavy atom. The van der Waals surface area contributed by atoms with Crippen LogP contribution in [0.5, 0.6) is 0 Å². The number of amides is 1. The van der Waals surface area contributed by atoms with Crippen molar-refractivity contribution in [2.75, 3.05) is 20.8 Å². The Balaban J connectivity index is 2.59. The minimum absolute atomic E-state index is 0.0908. The molecule has 0 aliphatic heterocycles. The SMILES string of the molecule is COCCCC(N)C(=O)NC(CC(=O)OC)c1cccs1. The lowest BCUT2D eigenvalue weighted by molar-refractivity contribution is -0.141. The van der Waals surface area contributed by atoms with Gasteiger partial charge in [-0.05, 0) is 24.3 Å². The van der Waals surface area contributed by atoms with Gasteiger partial charge in [-0.2, -0.15) is 0 Å². The van der Waals surface area contributed by atoms with Crippen molar-refractivity contribution in [3.8, 4) is 0 Å². The molecule has 7 heteroatoms. The fraction of sp³-hybridized carbons (Fsp3) is 0.571. The van der Waals surface area contributed by atoms with Crippen LogP contribution in [-0.2, 0) is 19.1 Å². The highest BCUT2D eigenvalue weighted by Crippen LogP contribution is 2.22. The lowest BCUT2D eigenvalue weighted by atomic mass is 10.1. The van der Waals surface area contributed by atoms with Crippen molar-refractivity contribution in [1.29, 1.82) is 0 Å². The number of hydrogen-bond donors (Lipinski definition) is 2. The van der Waals surface area contributed by atoms with E-state index in [9.17, 15) is 9.59 Å².